The fourth-order valence-corrected chi connectivity index (χ4v) is 2.78. The zero-order valence-electron chi connectivity index (χ0n) is 13.5. The maximum atomic E-state index is 12.3. The lowest BCUT2D eigenvalue weighted by Crippen LogP contribution is -2.33. The van der Waals surface area contributed by atoms with Gasteiger partial charge in [-0.05, 0) is 13.0 Å². The Kier molecular flexibility index (Phi) is 5.03. The summed E-state index contributed by atoms with van der Waals surface area (Å²) in [6.45, 7) is 1.53. The van der Waals surface area contributed by atoms with Crippen molar-refractivity contribution in [2.45, 2.75) is 12.8 Å². The van der Waals surface area contributed by atoms with Crippen molar-refractivity contribution in [3.8, 4) is 5.75 Å². The quantitative estimate of drug-likeness (QED) is 0.620. The summed E-state index contributed by atoms with van der Waals surface area (Å²) >= 11 is 0. The van der Waals surface area contributed by atoms with Crippen LogP contribution in [0.15, 0.2) is 46.8 Å². The van der Waals surface area contributed by atoms with Gasteiger partial charge in [0, 0.05) is 11.3 Å². The van der Waals surface area contributed by atoms with Crippen molar-refractivity contribution in [1.29, 1.82) is 0 Å². The number of carbonyl (C=O) groups is 3. The monoisotopic (exact) mass is 331 g/mol. The van der Waals surface area contributed by atoms with E-state index >= 15 is 0 Å². The molecular weight excluding hydrogens is 314 g/mol. The van der Waals surface area contributed by atoms with Crippen LogP contribution in [0.25, 0.3) is 0 Å². The lowest BCUT2D eigenvalue weighted by Gasteiger charge is -2.29. The van der Waals surface area contributed by atoms with E-state index in [9.17, 15) is 19.5 Å². The smallest absolute Gasteiger partial charge is 0.336 e. The minimum Gasteiger partial charge on any atom is -0.496 e. The molecule has 0 bridgehead atoms. The topological polar surface area (TPSA) is 102 Å². The van der Waals surface area contributed by atoms with Crippen LogP contribution in [0.3, 0.4) is 0 Å². The molecular formula is C17H17NO6. The fourth-order valence-electron chi connectivity index (χ4n) is 2.78. The molecule has 1 heterocycles. The molecule has 1 atom stereocenters. The van der Waals surface area contributed by atoms with Crippen molar-refractivity contribution in [1.82, 2.24) is 5.32 Å². The van der Waals surface area contributed by atoms with Gasteiger partial charge in [0.1, 0.15) is 5.75 Å². The first kappa shape index (κ1) is 17.3. The van der Waals surface area contributed by atoms with Crippen LogP contribution < -0.4 is 10.1 Å². The Morgan fingerprint density at radius 3 is 2.42 bits per heavy atom. The number of allylic oxidation sites excluding steroid dienone is 2. The summed E-state index contributed by atoms with van der Waals surface area (Å²) in [5.74, 6) is -2.58. The molecule has 0 amide bonds. The number of para-hydroxylation sites is 1. The van der Waals surface area contributed by atoms with E-state index < -0.39 is 17.9 Å². The SMILES string of the molecule is COC(=O)C1=C(C=O)NC(C)=C(C(=O)O)C1c1ccccc1OC. The Balaban J connectivity index is 2.81. The zero-order valence-corrected chi connectivity index (χ0v) is 13.5. The van der Waals surface area contributed by atoms with Gasteiger partial charge < -0.3 is 19.9 Å². The number of methoxy groups -OCH3 is 2. The number of rotatable bonds is 5. The van der Waals surface area contributed by atoms with Gasteiger partial charge >= 0.3 is 11.9 Å². The van der Waals surface area contributed by atoms with Crippen LogP contribution in [-0.4, -0.2) is 37.6 Å². The van der Waals surface area contributed by atoms with Crippen LogP contribution in [-0.2, 0) is 19.1 Å². The van der Waals surface area contributed by atoms with Crippen LogP contribution in [0.5, 0.6) is 5.75 Å². The van der Waals surface area contributed by atoms with Crippen LogP contribution in [0, 0.1) is 0 Å². The van der Waals surface area contributed by atoms with Crippen LogP contribution in [0.1, 0.15) is 18.4 Å². The van der Waals surface area contributed by atoms with Gasteiger partial charge in [0.2, 0.25) is 0 Å². The highest BCUT2D eigenvalue weighted by molar-refractivity contribution is 6.03. The lowest BCUT2D eigenvalue weighted by molar-refractivity contribution is -0.136. The highest BCUT2D eigenvalue weighted by Crippen LogP contribution is 2.41. The van der Waals surface area contributed by atoms with Crippen molar-refractivity contribution in [2.75, 3.05) is 14.2 Å². The molecule has 2 N–H and O–H groups in total. The Bertz CT molecular complexity index is 762. The molecule has 7 nitrogen and oxygen atoms in total. The maximum absolute atomic E-state index is 12.3. The number of esters is 1. The van der Waals surface area contributed by atoms with Gasteiger partial charge in [0.15, 0.2) is 6.29 Å². The summed E-state index contributed by atoms with van der Waals surface area (Å²) in [7, 11) is 2.61. The summed E-state index contributed by atoms with van der Waals surface area (Å²) in [6, 6.07) is 6.73. The van der Waals surface area contributed by atoms with E-state index in [1.807, 2.05) is 0 Å². The van der Waals surface area contributed by atoms with Crippen LogP contribution in [0.4, 0.5) is 0 Å². The summed E-state index contributed by atoms with van der Waals surface area (Å²) in [6.07, 6.45) is 0.469. The van der Waals surface area contributed by atoms with Crippen LogP contribution in [0.2, 0.25) is 0 Å². The second-order valence-corrected chi connectivity index (χ2v) is 5.08. The molecule has 2 rings (SSSR count). The normalized spacial score (nSPS) is 17.2. The number of dihydropyridines is 1. The number of hydrogen-bond acceptors (Lipinski definition) is 6. The average molecular weight is 331 g/mol. The Morgan fingerprint density at radius 2 is 1.88 bits per heavy atom. The number of hydrogen-bond donors (Lipinski definition) is 2. The first-order valence-electron chi connectivity index (χ1n) is 7.07. The van der Waals surface area contributed by atoms with E-state index in [1.165, 1.54) is 21.1 Å². The van der Waals surface area contributed by atoms with E-state index in [0.29, 0.717) is 17.6 Å². The van der Waals surface area contributed by atoms with E-state index in [0.717, 1.165) is 0 Å². The lowest BCUT2D eigenvalue weighted by atomic mass is 9.80. The number of carboxylic acid groups (broad SMARTS) is 1. The Morgan fingerprint density at radius 1 is 1.21 bits per heavy atom. The molecule has 1 aliphatic rings. The van der Waals surface area contributed by atoms with Gasteiger partial charge in [-0.3, -0.25) is 4.79 Å². The van der Waals surface area contributed by atoms with Gasteiger partial charge in [0.25, 0.3) is 0 Å². The molecule has 0 fully saturated rings. The predicted molar refractivity (Wildman–Crippen MR) is 84.3 cm³/mol. The third-order valence-electron chi connectivity index (χ3n) is 3.80. The molecule has 0 spiro atoms. The molecule has 0 aliphatic carbocycles. The van der Waals surface area contributed by atoms with Gasteiger partial charge in [-0.25, -0.2) is 9.59 Å². The molecule has 0 radical (unpaired) electrons. The highest BCUT2D eigenvalue weighted by atomic mass is 16.5. The first-order valence-corrected chi connectivity index (χ1v) is 7.07. The minimum absolute atomic E-state index is 0.0275. The zero-order chi connectivity index (χ0) is 17.9. The summed E-state index contributed by atoms with van der Waals surface area (Å²) in [5.41, 5.74) is 0.580. The number of aliphatic carboxylic acids is 1. The van der Waals surface area contributed by atoms with Crippen LogP contribution >= 0.6 is 0 Å². The van der Waals surface area contributed by atoms with Crippen molar-refractivity contribution in [2.24, 2.45) is 0 Å². The number of aldehydes is 1. The Labute approximate surface area is 138 Å². The summed E-state index contributed by atoms with van der Waals surface area (Å²) < 4.78 is 10.1. The van der Waals surface area contributed by atoms with Crippen molar-refractivity contribution in [3.05, 3.63) is 52.4 Å². The average Bonchev–Trinajstić information content (AvgIpc) is 2.59. The van der Waals surface area contributed by atoms with Gasteiger partial charge in [-0.15, -0.1) is 0 Å². The summed E-state index contributed by atoms with van der Waals surface area (Å²) in [5, 5.41) is 12.3. The van der Waals surface area contributed by atoms with E-state index in [4.69, 9.17) is 9.47 Å². The number of carbonyl (C=O) groups excluding carboxylic acids is 2. The van der Waals surface area contributed by atoms with Crippen molar-refractivity contribution in [3.63, 3.8) is 0 Å². The number of nitrogens with one attached hydrogen (secondary N) is 1. The highest BCUT2D eigenvalue weighted by Gasteiger charge is 2.39. The first-order chi connectivity index (χ1) is 11.5. The van der Waals surface area contributed by atoms with E-state index in [-0.39, 0.29) is 22.5 Å². The van der Waals surface area contributed by atoms with Crippen molar-refractivity contribution < 1.29 is 29.0 Å². The summed E-state index contributed by atoms with van der Waals surface area (Å²) in [4.78, 5) is 35.5. The second kappa shape index (κ2) is 6.99. The molecule has 1 unspecified atom stereocenters. The minimum atomic E-state index is -1.21. The predicted octanol–water partition coefficient (Wildman–Crippen LogP) is 1.37. The number of benzene rings is 1. The molecule has 1 aromatic carbocycles. The maximum Gasteiger partial charge on any atom is 0.336 e. The largest absolute Gasteiger partial charge is 0.496 e. The standard InChI is InChI=1S/C17H17NO6/c1-9-13(16(20)21)14(10-6-4-5-7-12(10)23-2)15(17(22)24-3)11(8-19)18-9/h4-8,14,18H,1-3H3,(H,20,21). The molecule has 0 saturated carbocycles. The number of carboxylic acids is 1. The third-order valence-corrected chi connectivity index (χ3v) is 3.80. The Hall–Kier alpha value is -3.09. The fraction of sp³-hybridized carbons (Fsp3) is 0.235. The molecule has 1 aliphatic heterocycles. The molecule has 126 valence electrons. The molecule has 0 saturated heterocycles. The molecule has 0 aromatic heterocycles. The number of ether oxygens (including phenoxy) is 2. The van der Waals surface area contributed by atoms with Gasteiger partial charge in [0.05, 0.1) is 37.0 Å². The van der Waals surface area contributed by atoms with Crippen molar-refractivity contribution >= 4 is 18.2 Å². The van der Waals surface area contributed by atoms with Gasteiger partial charge in [-0.1, -0.05) is 18.2 Å². The third kappa shape index (κ3) is 2.88. The molecule has 24 heavy (non-hydrogen) atoms. The molecule has 7 heteroatoms. The van der Waals surface area contributed by atoms with E-state index in [1.54, 1.807) is 24.3 Å². The van der Waals surface area contributed by atoms with E-state index in [2.05, 4.69) is 5.32 Å². The second-order valence-electron chi connectivity index (χ2n) is 5.08. The molecule has 1 aromatic rings. The van der Waals surface area contributed by atoms with Gasteiger partial charge in [-0.2, -0.15) is 0 Å².